The van der Waals surface area contributed by atoms with E-state index in [4.69, 9.17) is 32.1 Å². The zero-order valence-corrected chi connectivity index (χ0v) is 80.3. The minimum atomic E-state index is -1.76. The number of carbonyl (C=O) groups excluding carboxylic acids is 16. The van der Waals surface area contributed by atoms with E-state index in [1.165, 1.54) is 63.9 Å². The number of nitrogens with two attached hydrogens (primary N) is 3. The van der Waals surface area contributed by atoms with Crippen LogP contribution in [0.15, 0.2) is 73.3 Å². The number of tetrazole rings is 1. The van der Waals surface area contributed by atoms with E-state index >= 15 is 19.2 Å². The maximum Gasteiger partial charge on any atom is 0.246 e. The SMILES string of the molecule is CCCC[C@H](NC(=O)[C@H](CNC(C)C)NC(=O)[C@H](Cc1c[nH]cn1)NC(=O)[C@H](CCC(N)=O)NC(=O)[C@H](CO)NC(=O)CNC(=O)COCCOCCNC(=O)CCCCCCCCCCCCCCCc1nnn[nH]1)C(=O)N[C@H]1CCC(=O)NCCCC[C@@H](C(N)=O)NC(=O)[C@H](Cc2c[nH]c3ccccc23)NC(=O)[C@H](CCCNC(=N)N)NC(=O)[C@@H](Cc2ccccc2)NC(=O)[C@@H]2C[C@@H](O)CN2C1=O. The van der Waals surface area contributed by atoms with Crippen molar-refractivity contribution in [1.82, 2.24) is 120 Å². The quantitative estimate of drug-likeness (QED) is 0.0109. The molecule has 2 aromatic carbocycles. The molecule has 47 nitrogen and oxygen atoms in total. The third-order valence-electron chi connectivity index (χ3n) is 23.7. The summed E-state index contributed by atoms with van der Waals surface area (Å²) in [6.45, 7) is 2.82. The summed E-state index contributed by atoms with van der Waals surface area (Å²) in [5.41, 5.74) is 19.1. The van der Waals surface area contributed by atoms with Crippen LogP contribution in [0.3, 0.4) is 0 Å². The van der Waals surface area contributed by atoms with Crippen molar-refractivity contribution in [2.24, 2.45) is 17.2 Å². The molecule has 0 unspecified atom stereocenters. The zero-order valence-electron chi connectivity index (χ0n) is 80.3. The highest BCUT2D eigenvalue weighted by Gasteiger charge is 2.44. The Morgan fingerprint density at radius 1 is 0.607 bits per heavy atom. The number of benzene rings is 2. The van der Waals surface area contributed by atoms with Gasteiger partial charge in [0, 0.05) is 113 Å². The third-order valence-corrected chi connectivity index (χ3v) is 23.7. The number of imidazole rings is 1. The topological polar surface area (TPSA) is 717 Å². The van der Waals surface area contributed by atoms with Gasteiger partial charge in [-0.2, -0.15) is 0 Å². The van der Waals surface area contributed by atoms with Crippen molar-refractivity contribution in [3.63, 3.8) is 0 Å². The Labute approximate surface area is 813 Å². The van der Waals surface area contributed by atoms with Crippen molar-refractivity contribution < 1.29 is 96.4 Å². The van der Waals surface area contributed by atoms with Gasteiger partial charge in [0.25, 0.3) is 0 Å². The van der Waals surface area contributed by atoms with E-state index in [2.05, 4.69) is 115 Å². The normalized spacial score (nSPS) is 18.6. The summed E-state index contributed by atoms with van der Waals surface area (Å²) in [7, 11) is 0. The van der Waals surface area contributed by atoms with Crippen LogP contribution in [0.4, 0.5) is 0 Å². The molecule has 0 radical (unpaired) electrons. The number of H-pyrrole nitrogens is 3. The highest BCUT2D eigenvalue weighted by Crippen LogP contribution is 2.24. The Bertz CT molecular complexity index is 4740. The number of aryl methyl sites for hydroxylation is 1. The minimum absolute atomic E-state index is 0.00953. The Morgan fingerprint density at radius 2 is 1.24 bits per heavy atom. The number of amides is 16. The number of para-hydroxylation sites is 1. The molecule has 2 aliphatic rings. The maximum atomic E-state index is 15.4. The van der Waals surface area contributed by atoms with Crippen LogP contribution >= 0.6 is 0 Å². The van der Waals surface area contributed by atoms with E-state index in [1.807, 2.05) is 12.1 Å². The van der Waals surface area contributed by atoms with Crippen molar-refractivity contribution >= 4 is 111 Å². The second kappa shape index (κ2) is 63.4. The Morgan fingerprint density at radius 3 is 1.91 bits per heavy atom. The molecule has 772 valence electrons. The number of aromatic nitrogens is 7. The fourth-order valence-corrected chi connectivity index (χ4v) is 16.0. The van der Waals surface area contributed by atoms with Crippen LogP contribution in [-0.2, 0) is 112 Å². The molecule has 3 aromatic heterocycles. The van der Waals surface area contributed by atoms with Gasteiger partial charge in [-0.05, 0) is 91.8 Å². The average molecular weight is 1960 g/mol. The lowest BCUT2D eigenvalue weighted by atomic mass is 10.0. The molecule has 0 spiro atoms. The lowest BCUT2D eigenvalue weighted by Crippen LogP contribution is -2.62. The van der Waals surface area contributed by atoms with Gasteiger partial charge < -0.3 is 132 Å². The van der Waals surface area contributed by atoms with Gasteiger partial charge in [0.2, 0.25) is 94.5 Å². The van der Waals surface area contributed by atoms with Crippen molar-refractivity contribution in [2.75, 3.05) is 72.3 Å². The Hall–Kier alpha value is -13.2. The molecule has 0 aliphatic carbocycles. The highest BCUT2D eigenvalue weighted by molar-refractivity contribution is 6.01. The largest absolute Gasteiger partial charge is 0.394 e. The molecule has 5 aromatic rings. The summed E-state index contributed by atoms with van der Waals surface area (Å²) in [5, 5.41) is 84.1. The number of nitrogens with one attached hydrogen (secondary N) is 19. The van der Waals surface area contributed by atoms with E-state index in [0.29, 0.717) is 24.0 Å². The third kappa shape index (κ3) is 43.1. The predicted molar refractivity (Wildman–Crippen MR) is 513 cm³/mol. The minimum Gasteiger partial charge on any atom is -0.394 e. The number of carbonyl (C=O) groups is 16. The number of aliphatic hydroxyl groups excluding tert-OH is 2. The summed E-state index contributed by atoms with van der Waals surface area (Å²) < 4.78 is 10.9. The maximum absolute atomic E-state index is 15.4. The molecule has 0 saturated carbocycles. The number of primary amides is 2. The van der Waals surface area contributed by atoms with Gasteiger partial charge in [0.15, 0.2) is 5.96 Å². The lowest BCUT2D eigenvalue weighted by molar-refractivity contribution is -0.143. The van der Waals surface area contributed by atoms with Crippen molar-refractivity contribution in [2.45, 2.75) is 298 Å². The first kappa shape index (κ1) is 114. The van der Waals surface area contributed by atoms with E-state index in [9.17, 15) is 67.7 Å². The van der Waals surface area contributed by atoms with Crippen molar-refractivity contribution in [3.05, 3.63) is 96.0 Å². The van der Waals surface area contributed by atoms with E-state index < -0.39 is 220 Å². The fourth-order valence-electron chi connectivity index (χ4n) is 16.0. The predicted octanol–water partition coefficient (Wildman–Crippen LogP) is -2.51. The monoisotopic (exact) mass is 1960 g/mol. The van der Waals surface area contributed by atoms with Crippen LogP contribution in [0.5, 0.6) is 0 Å². The molecule has 5 heterocycles. The van der Waals surface area contributed by atoms with Crippen molar-refractivity contribution in [1.29, 1.82) is 5.41 Å². The first-order valence-corrected chi connectivity index (χ1v) is 48.6. The zero-order chi connectivity index (χ0) is 102. The number of nitrogens with zero attached hydrogens (tertiary/aromatic N) is 5. The van der Waals surface area contributed by atoms with E-state index in [-0.39, 0.29) is 134 Å². The van der Waals surface area contributed by atoms with Crippen LogP contribution in [0, 0.1) is 5.41 Å². The molecule has 2 fully saturated rings. The molecule has 0 bridgehead atoms. The van der Waals surface area contributed by atoms with Crippen LogP contribution in [0.1, 0.15) is 217 Å². The second-order valence-corrected chi connectivity index (χ2v) is 35.5. The summed E-state index contributed by atoms with van der Waals surface area (Å²) in [5.74, 6) is -13.5. The van der Waals surface area contributed by atoms with E-state index in [0.717, 1.165) is 60.2 Å². The number of aliphatic hydroxyl groups is 2. The summed E-state index contributed by atoms with van der Waals surface area (Å²) in [4.78, 5) is 237. The number of aromatic amines is 3. The Kier molecular flexibility index (Phi) is 51.6. The molecule has 16 amide bonds. The van der Waals surface area contributed by atoms with E-state index in [1.54, 1.807) is 69.4 Å². The molecule has 7 rings (SSSR count). The number of ether oxygens (including phenoxy) is 2. The molecule has 12 atom stereocenters. The molecule has 140 heavy (non-hydrogen) atoms. The molecular weight excluding hydrogens is 1820 g/mol. The Balaban J connectivity index is 0.975. The fraction of sp³-hybridized carbons (Fsp3) is 0.624. The standard InChI is InChI=1S/C93H145N27O20/c1-4-5-30-66(83(129)111-69-37-39-79(125)99-40-25-24-32-65(82(95)128)107-87(133)71(47-60-50-103-64-31-23-22-29-63(60)64)112-84(130)67(33-26-41-101-93(96)97)108-86(132)70(46-59-27-18-17-19-28-59)114-91(137)75-49-62(122)54-120(75)92(69)138)109-89(135)73(52-102-58(2)3)115-88(134)72(48-61-51-98-57-105-61)113-85(131)68(36-38-76(94)123)110-90(136)74(55-121)106-80(126)53-104-81(127)56-140-45-44-139-43-42-100-78(124)35-21-16-14-12-10-8-6-7-9-11-13-15-20-34-77-116-118-119-117-77/h17-19,22-23,27-29,31,50-51,57-58,62,65-75,102-103,121-122H,4-16,20-21,24-26,30,32-49,52-56H2,1-3H3,(H2,94,123)(H2,95,128)(H,98,105)(H,99,125)(H,100,124)(H,104,127)(H,106,126)(H,107,133)(H,108,132)(H,109,135)(H,110,136)(H,111,129)(H,112,130)(H,113,131)(H,114,137)(H,115,134)(H4,96,97,101)(H,116,117,118,119)/t62-,65+,66+,67+,68+,69+,70-,71+,72+,73+,74+,75+/m1/s1. The number of fused-ring (bicyclic) bond motifs is 2. The highest BCUT2D eigenvalue weighted by atomic mass is 16.5. The van der Waals surface area contributed by atoms with Crippen LogP contribution < -0.4 is 97.0 Å². The first-order chi connectivity index (χ1) is 67.4. The number of hydrogen-bond donors (Lipinski definition) is 24. The number of unbranched alkanes of at least 4 members (excludes halogenated alkanes) is 13. The molecule has 2 aliphatic heterocycles. The molecule has 2 saturated heterocycles. The lowest BCUT2D eigenvalue weighted by Gasteiger charge is -2.31. The van der Waals surface area contributed by atoms with Gasteiger partial charge in [-0.3, -0.25) is 82.1 Å². The number of guanidine groups is 1. The summed E-state index contributed by atoms with van der Waals surface area (Å²) in [6, 6.07) is -1.89. The van der Waals surface area contributed by atoms with Gasteiger partial charge >= 0.3 is 0 Å². The van der Waals surface area contributed by atoms with Gasteiger partial charge in [0.05, 0.1) is 51.1 Å². The van der Waals surface area contributed by atoms with Gasteiger partial charge in [-0.1, -0.05) is 153 Å². The van der Waals surface area contributed by atoms with Gasteiger partial charge in [-0.25, -0.2) is 10.1 Å². The molecular formula is C93H145N27O20. The number of hydrogen-bond acceptors (Lipinski definition) is 26. The van der Waals surface area contributed by atoms with Crippen LogP contribution in [-0.4, -0.2) is 302 Å². The van der Waals surface area contributed by atoms with Crippen molar-refractivity contribution in [3.8, 4) is 0 Å². The van der Waals surface area contributed by atoms with Gasteiger partial charge in [-0.15, -0.1) is 5.10 Å². The molecule has 27 N–H and O–H groups in total. The second-order valence-electron chi connectivity index (χ2n) is 35.5. The molecule has 47 heteroatoms. The smallest absolute Gasteiger partial charge is 0.246 e. The summed E-state index contributed by atoms with van der Waals surface area (Å²) in [6.07, 6.45) is 17.1. The van der Waals surface area contributed by atoms with Crippen LogP contribution in [0.25, 0.3) is 10.9 Å². The average Bonchev–Trinajstić information content (AvgIpc) is 1.64. The number of rotatable bonds is 58. The first-order valence-electron chi connectivity index (χ1n) is 48.6. The van der Waals surface area contributed by atoms with Gasteiger partial charge in [0.1, 0.15) is 78.9 Å². The van der Waals surface area contributed by atoms with Crippen LogP contribution in [0.2, 0.25) is 0 Å². The summed E-state index contributed by atoms with van der Waals surface area (Å²) >= 11 is 0.